The molecule has 8 nitrogen and oxygen atoms in total. The summed E-state index contributed by atoms with van der Waals surface area (Å²) in [6.07, 6.45) is 3.64. The van der Waals surface area contributed by atoms with E-state index in [4.69, 9.17) is 10.9 Å². The lowest BCUT2D eigenvalue weighted by Gasteiger charge is -2.21. The molecule has 0 spiro atoms. The van der Waals surface area contributed by atoms with Crippen LogP contribution in [0.15, 0.2) is 40.6 Å². The summed E-state index contributed by atoms with van der Waals surface area (Å²) >= 11 is 0. The third kappa shape index (κ3) is 3.79. The molecule has 2 aromatic heterocycles. The zero-order chi connectivity index (χ0) is 24.9. The Kier molecular flexibility index (Phi) is 5.68. The van der Waals surface area contributed by atoms with Crippen molar-refractivity contribution in [2.45, 2.75) is 33.2 Å². The van der Waals surface area contributed by atoms with Crippen LogP contribution in [0.4, 0.5) is 14.5 Å². The highest BCUT2D eigenvalue weighted by Crippen LogP contribution is 2.30. The Morgan fingerprint density at radius 3 is 2.66 bits per heavy atom. The van der Waals surface area contributed by atoms with E-state index in [9.17, 15) is 4.39 Å². The molecule has 3 heterocycles. The molecular formula is C25H26F2N8. The molecule has 0 amide bonds. The van der Waals surface area contributed by atoms with E-state index in [2.05, 4.69) is 20.5 Å². The van der Waals surface area contributed by atoms with Crippen LogP contribution < -0.4 is 11.2 Å². The standard InChI is InChI=1S/C25H26F2N8/c1-13-9-16(10-14(2)23(13)26)35-25(22-15(3)29-8-7-18(22)33-35)20(32-28)12-30-19-5-6-21-17(24(19)27)11-31-34(21)4/h5-6,9-12,15,29H,7-8,28H2,1-4H3/b30-12?,32-20+/t15-/m0/s1. The van der Waals surface area contributed by atoms with E-state index in [-0.39, 0.29) is 17.5 Å². The fourth-order valence-electron chi connectivity index (χ4n) is 4.67. The zero-order valence-corrected chi connectivity index (χ0v) is 20.0. The summed E-state index contributed by atoms with van der Waals surface area (Å²) in [6, 6.07) is 6.82. The van der Waals surface area contributed by atoms with Crippen LogP contribution in [0, 0.1) is 25.5 Å². The van der Waals surface area contributed by atoms with Gasteiger partial charge in [0.15, 0.2) is 5.82 Å². The third-order valence-electron chi connectivity index (χ3n) is 6.46. The lowest BCUT2D eigenvalue weighted by Crippen LogP contribution is -2.29. The molecular weight excluding hydrogens is 450 g/mol. The SMILES string of the molecule is Cc1cc(-n2nc3c(c2/C(C=Nc2ccc4c(cnn4C)c2F)=N/N)[C@H](C)NCC3)cc(C)c1F. The summed E-state index contributed by atoms with van der Waals surface area (Å²) in [4.78, 5) is 4.38. The molecule has 0 radical (unpaired) electrons. The van der Waals surface area contributed by atoms with Crippen molar-refractivity contribution < 1.29 is 8.78 Å². The number of nitrogens with two attached hydrogens (primary N) is 1. The number of aromatic nitrogens is 4. The molecule has 180 valence electrons. The number of hydrazone groups is 1. The van der Waals surface area contributed by atoms with Crippen molar-refractivity contribution in [2.24, 2.45) is 23.0 Å². The zero-order valence-electron chi connectivity index (χ0n) is 20.0. The van der Waals surface area contributed by atoms with Crippen molar-refractivity contribution in [3.63, 3.8) is 0 Å². The van der Waals surface area contributed by atoms with Gasteiger partial charge in [-0.25, -0.2) is 13.5 Å². The fourth-order valence-corrected chi connectivity index (χ4v) is 4.67. The number of hydrogen-bond acceptors (Lipinski definition) is 6. The van der Waals surface area contributed by atoms with Crippen LogP contribution >= 0.6 is 0 Å². The number of rotatable bonds is 4. The van der Waals surface area contributed by atoms with Gasteiger partial charge < -0.3 is 11.2 Å². The minimum atomic E-state index is -0.474. The summed E-state index contributed by atoms with van der Waals surface area (Å²) in [5.41, 5.74) is 5.34. The molecule has 0 unspecified atom stereocenters. The average molecular weight is 477 g/mol. The van der Waals surface area contributed by atoms with E-state index in [1.165, 1.54) is 12.4 Å². The van der Waals surface area contributed by atoms with Crippen LogP contribution in [0.3, 0.4) is 0 Å². The number of fused-ring (bicyclic) bond motifs is 2. The molecule has 3 N–H and O–H groups in total. The largest absolute Gasteiger partial charge is 0.323 e. The number of nitrogens with one attached hydrogen (secondary N) is 1. The summed E-state index contributed by atoms with van der Waals surface area (Å²) in [7, 11) is 1.75. The van der Waals surface area contributed by atoms with E-state index in [1.54, 1.807) is 54.5 Å². The molecule has 4 aromatic rings. The maximum atomic E-state index is 15.1. The summed E-state index contributed by atoms with van der Waals surface area (Å²) < 4.78 is 32.8. The number of aliphatic imine (C=N–C) groups is 1. The highest BCUT2D eigenvalue weighted by molar-refractivity contribution is 6.38. The van der Waals surface area contributed by atoms with Crippen LogP contribution in [0.1, 0.15) is 41.0 Å². The first-order valence-electron chi connectivity index (χ1n) is 11.3. The molecule has 1 aliphatic rings. The van der Waals surface area contributed by atoms with Crippen molar-refractivity contribution in [3.8, 4) is 5.69 Å². The minimum absolute atomic E-state index is 0.0150. The lowest BCUT2D eigenvalue weighted by atomic mass is 9.97. The van der Waals surface area contributed by atoms with Crippen molar-refractivity contribution in [3.05, 3.63) is 70.2 Å². The first-order valence-corrected chi connectivity index (χ1v) is 11.3. The smallest absolute Gasteiger partial charge is 0.159 e. The van der Waals surface area contributed by atoms with Crippen LogP contribution in [0.25, 0.3) is 16.6 Å². The third-order valence-corrected chi connectivity index (χ3v) is 6.46. The average Bonchev–Trinajstić information content (AvgIpc) is 3.41. The summed E-state index contributed by atoms with van der Waals surface area (Å²) in [5.74, 6) is 5.11. The second kappa shape index (κ2) is 8.70. The van der Waals surface area contributed by atoms with Crippen molar-refractivity contribution in [1.29, 1.82) is 0 Å². The molecule has 0 saturated heterocycles. The normalized spacial score (nSPS) is 16.4. The van der Waals surface area contributed by atoms with Gasteiger partial charge in [0, 0.05) is 31.6 Å². The molecule has 0 saturated carbocycles. The number of aryl methyl sites for hydroxylation is 3. The molecule has 0 fully saturated rings. The first kappa shape index (κ1) is 22.9. The van der Waals surface area contributed by atoms with Crippen LogP contribution in [0.5, 0.6) is 0 Å². The monoisotopic (exact) mass is 476 g/mol. The number of benzene rings is 2. The Hall–Kier alpha value is -3.92. The van der Waals surface area contributed by atoms with Crippen LogP contribution in [-0.4, -0.2) is 38.0 Å². The van der Waals surface area contributed by atoms with E-state index < -0.39 is 5.82 Å². The van der Waals surface area contributed by atoms with Crippen molar-refractivity contribution >= 4 is 28.5 Å². The predicted molar refractivity (Wildman–Crippen MR) is 133 cm³/mol. The summed E-state index contributed by atoms with van der Waals surface area (Å²) in [6.45, 7) is 6.26. The van der Waals surface area contributed by atoms with E-state index >= 15 is 4.39 Å². The Balaban J connectivity index is 1.65. The van der Waals surface area contributed by atoms with E-state index in [0.29, 0.717) is 39.1 Å². The molecule has 5 rings (SSSR count). The molecule has 0 aliphatic carbocycles. The number of nitrogens with zero attached hydrogens (tertiary/aromatic N) is 6. The van der Waals surface area contributed by atoms with Crippen molar-refractivity contribution in [1.82, 2.24) is 24.9 Å². The van der Waals surface area contributed by atoms with E-state index in [0.717, 1.165) is 24.2 Å². The molecule has 1 aliphatic heterocycles. The van der Waals surface area contributed by atoms with Gasteiger partial charge in [0.25, 0.3) is 0 Å². The van der Waals surface area contributed by atoms with Gasteiger partial charge in [0.1, 0.15) is 17.2 Å². The highest BCUT2D eigenvalue weighted by Gasteiger charge is 2.29. The topological polar surface area (TPSA) is 98.4 Å². The van der Waals surface area contributed by atoms with Gasteiger partial charge >= 0.3 is 0 Å². The lowest BCUT2D eigenvalue weighted by molar-refractivity contribution is 0.537. The van der Waals surface area contributed by atoms with E-state index in [1.807, 2.05) is 6.92 Å². The van der Waals surface area contributed by atoms with Crippen LogP contribution in [-0.2, 0) is 13.5 Å². The quantitative estimate of drug-likeness (QED) is 0.265. The first-order chi connectivity index (χ1) is 16.8. The van der Waals surface area contributed by atoms with Gasteiger partial charge in [-0.1, -0.05) is 0 Å². The molecule has 2 aromatic carbocycles. The molecule has 0 bridgehead atoms. The van der Waals surface area contributed by atoms with Gasteiger partial charge in [0.2, 0.25) is 0 Å². The fraction of sp³-hybridized carbons (Fsp3) is 0.280. The van der Waals surface area contributed by atoms with Crippen LogP contribution in [0.2, 0.25) is 0 Å². The maximum Gasteiger partial charge on any atom is 0.159 e. The number of hydrogen-bond donors (Lipinski definition) is 2. The Morgan fingerprint density at radius 2 is 1.94 bits per heavy atom. The number of halogens is 2. The predicted octanol–water partition coefficient (Wildman–Crippen LogP) is 3.93. The maximum absolute atomic E-state index is 15.1. The van der Waals surface area contributed by atoms with Gasteiger partial charge in [-0.05, 0) is 56.2 Å². The highest BCUT2D eigenvalue weighted by atomic mass is 19.1. The molecule has 1 atom stereocenters. The second-order valence-corrected chi connectivity index (χ2v) is 8.81. The summed E-state index contributed by atoms with van der Waals surface area (Å²) in [5, 5.41) is 16.8. The molecule has 35 heavy (non-hydrogen) atoms. The Morgan fingerprint density at radius 1 is 1.20 bits per heavy atom. The van der Waals surface area contributed by atoms with Gasteiger partial charge in [-0.2, -0.15) is 15.3 Å². The van der Waals surface area contributed by atoms with Gasteiger partial charge in [0.05, 0.1) is 40.4 Å². The van der Waals surface area contributed by atoms with Gasteiger partial charge in [-0.15, -0.1) is 0 Å². The minimum Gasteiger partial charge on any atom is -0.323 e. The Bertz CT molecular complexity index is 1490. The van der Waals surface area contributed by atoms with Crippen molar-refractivity contribution in [2.75, 3.05) is 6.54 Å². The second-order valence-electron chi connectivity index (χ2n) is 8.81. The molecule has 10 heteroatoms. The Labute approximate surface area is 201 Å². The van der Waals surface area contributed by atoms with Gasteiger partial charge in [-0.3, -0.25) is 9.67 Å².